The quantitative estimate of drug-likeness (QED) is 0.743. The van der Waals surface area contributed by atoms with Crippen LogP contribution in [0.3, 0.4) is 0 Å². The van der Waals surface area contributed by atoms with Crippen LogP contribution < -0.4 is 5.32 Å². The number of carbonyl (C=O) groups excluding carboxylic acids is 1. The summed E-state index contributed by atoms with van der Waals surface area (Å²) in [5, 5.41) is 2.44. The molecule has 0 saturated heterocycles. The minimum Gasteiger partial charge on any atom is -0.444 e. The van der Waals surface area contributed by atoms with Gasteiger partial charge in [-0.25, -0.2) is 9.18 Å². The van der Waals surface area contributed by atoms with E-state index >= 15 is 0 Å². The molecule has 0 aromatic rings. The van der Waals surface area contributed by atoms with Gasteiger partial charge in [-0.3, -0.25) is 0 Å². The van der Waals surface area contributed by atoms with E-state index in [1.54, 1.807) is 20.8 Å². The smallest absolute Gasteiger partial charge is 0.407 e. The highest BCUT2D eigenvalue weighted by Crippen LogP contribution is 2.07. The first-order valence-corrected chi connectivity index (χ1v) is 4.44. The molecule has 0 aliphatic rings. The predicted molar refractivity (Wildman–Crippen MR) is 49.4 cm³/mol. The van der Waals surface area contributed by atoms with Gasteiger partial charge in [-0.1, -0.05) is 6.92 Å². The minimum atomic E-state index is -0.560. The Balaban J connectivity index is 3.86. The van der Waals surface area contributed by atoms with Crippen molar-refractivity contribution in [2.45, 2.75) is 45.8 Å². The lowest BCUT2D eigenvalue weighted by Gasteiger charge is -2.21. The third-order valence-corrected chi connectivity index (χ3v) is 1.40. The van der Waals surface area contributed by atoms with Crippen molar-refractivity contribution in [3.63, 3.8) is 0 Å². The molecule has 1 atom stereocenters. The van der Waals surface area contributed by atoms with Gasteiger partial charge >= 0.3 is 6.09 Å². The van der Waals surface area contributed by atoms with Gasteiger partial charge in [0, 0.05) is 0 Å². The SMILES string of the molecule is CC[C@@H](CF)NC(=O)OC(C)(C)C. The summed E-state index contributed by atoms with van der Waals surface area (Å²) in [6.45, 7) is 6.55. The number of alkyl carbamates (subject to hydrolysis) is 1. The average Bonchev–Trinajstić information content (AvgIpc) is 1.96. The van der Waals surface area contributed by atoms with Crippen molar-refractivity contribution in [2.24, 2.45) is 0 Å². The summed E-state index contributed by atoms with van der Waals surface area (Å²) in [7, 11) is 0. The molecule has 3 nitrogen and oxygen atoms in total. The number of ether oxygens (including phenoxy) is 1. The molecule has 0 bridgehead atoms. The van der Waals surface area contributed by atoms with Gasteiger partial charge in [0.25, 0.3) is 0 Å². The molecule has 0 saturated carbocycles. The average molecular weight is 191 g/mol. The third-order valence-electron chi connectivity index (χ3n) is 1.40. The zero-order valence-corrected chi connectivity index (χ0v) is 8.69. The van der Waals surface area contributed by atoms with Crippen LogP contribution in [-0.2, 0) is 4.74 Å². The standard InChI is InChI=1S/C9H18FNO2/c1-5-7(6-10)11-8(12)13-9(2,3)4/h7H,5-6H2,1-4H3,(H,11,12)/t7-/m0/s1. The molecule has 0 radical (unpaired) electrons. The fraction of sp³-hybridized carbons (Fsp3) is 0.889. The zero-order valence-electron chi connectivity index (χ0n) is 8.69. The molecule has 0 aromatic heterocycles. The lowest BCUT2D eigenvalue weighted by atomic mass is 10.2. The summed E-state index contributed by atoms with van der Waals surface area (Å²) < 4.78 is 17.1. The highest BCUT2D eigenvalue weighted by Gasteiger charge is 2.18. The summed E-state index contributed by atoms with van der Waals surface area (Å²) >= 11 is 0. The van der Waals surface area contributed by atoms with E-state index in [2.05, 4.69) is 5.32 Å². The molecule has 0 aliphatic carbocycles. The Hall–Kier alpha value is -0.800. The highest BCUT2D eigenvalue weighted by atomic mass is 19.1. The van der Waals surface area contributed by atoms with Crippen molar-refractivity contribution < 1.29 is 13.9 Å². The van der Waals surface area contributed by atoms with Gasteiger partial charge in [-0.05, 0) is 27.2 Å². The lowest BCUT2D eigenvalue weighted by molar-refractivity contribution is 0.0495. The Kier molecular flexibility index (Phi) is 4.73. The lowest BCUT2D eigenvalue weighted by Crippen LogP contribution is -2.39. The van der Waals surface area contributed by atoms with Crippen molar-refractivity contribution in [1.82, 2.24) is 5.32 Å². The molecule has 0 rings (SSSR count). The van der Waals surface area contributed by atoms with Crippen molar-refractivity contribution in [3.8, 4) is 0 Å². The maximum absolute atomic E-state index is 12.2. The first-order chi connectivity index (χ1) is 5.89. The van der Waals surface area contributed by atoms with Gasteiger partial charge in [0.2, 0.25) is 0 Å². The number of amides is 1. The van der Waals surface area contributed by atoms with E-state index in [1.807, 2.05) is 6.92 Å². The summed E-state index contributed by atoms with van der Waals surface area (Å²) in [5.74, 6) is 0. The van der Waals surface area contributed by atoms with Crippen LogP contribution in [0.5, 0.6) is 0 Å². The second-order valence-corrected chi connectivity index (χ2v) is 3.91. The molecule has 0 spiro atoms. The van der Waals surface area contributed by atoms with Gasteiger partial charge < -0.3 is 10.1 Å². The fourth-order valence-corrected chi connectivity index (χ4v) is 0.724. The van der Waals surface area contributed by atoms with Crippen molar-refractivity contribution in [3.05, 3.63) is 0 Å². The van der Waals surface area contributed by atoms with Gasteiger partial charge in [0.05, 0.1) is 6.04 Å². The monoisotopic (exact) mass is 191 g/mol. The Morgan fingerprint density at radius 2 is 2.08 bits per heavy atom. The van der Waals surface area contributed by atoms with Crippen LogP contribution in [0, 0.1) is 0 Å². The molecule has 1 amide bonds. The van der Waals surface area contributed by atoms with E-state index in [-0.39, 0.29) is 0 Å². The number of nitrogens with one attached hydrogen (secondary N) is 1. The Bertz CT molecular complexity index is 161. The number of carbonyl (C=O) groups is 1. The van der Waals surface area contributed by atoms with Gasteiger partial charge in [0.1, 0.15) is 12.3 Å². The molecule has 0 heterocycles. The molecule has 0 aliphatic heterocycles. The van der Waals surface area contributed by atoms with Crippen LogP contribution in [0.4, 0.5) is 9.18 Å². The van der Waals surface area contributed by atoms with E-state index in [9.17, 15) is 9.18 Å². The Morgan fingerprint density at radius 3 is 2.38 bits per heavy atom. The Labute approximate surface area is 78.6 Å². The molecule has 0 fully saturated rings. The number of halogens is 1. The minimum absolute atomic E-state index is 0.435. The molecule has 1 N–H and O–H groups in total. The topological polar surface area (TPSA) is 38.3 Å². The first kappa shape index (κ1) is 12.2. The van der Waals surface area contributed by atoms with Crippen LogP contribution in [0.25, 0.3) is 0 Å². The van der Waals surface area contributed by atoms with Crippen LogP contribution in [0.1, 0.15) is 34.1 Å². The van der Waals surface area contributed by atoms with Crippen molar-refractivity contribution >= 4 is 6.09 Å². The number of rotatable bonds is 3. The number of hydrogen-bond donors (Lipinski definition) is 1. The number of hydrogen-bond acceptors (Lipinski definition) is 2. The second kappa shape index (κ2) is 5.04. The maximum Gasteiger partial charge on any atom is 0.407 e. The summed E-state index contributed by atoms with van der Waals surface area (Å²) in [6, 6.07) is -0.435. The second-order valence-electron chi connectivity index (χ2n) is 3.91. The van der Waals surface area contributed by atoms with E-state index < -0.39 is 24.4 Å². The highest BCUT2D eigenvalue weighted by molar-refractivity contribution is 5.68. The van der Waals surface area contributed by atoms with Crippen LogP contribution in [0.2, 0.25) is 0 Å². The molecule has 78 valence electrons. The normalized spacial score (nSPS) is 13.6. The molecule has 0 unspecified atom stereocenters. The first-order valence-electron chi connectivity index (χ1n) is 4.44. The molecular formula is C9H18FNO2. The molecule has 0 aromatic carbocycles. The Morgan fingerprint density at radius 1 is 1.54 bits per heavy atom. The van der Waals surface area contributed by atoms with E-state index in [4.69, 9.17) is 4.74 Å². The fourth-order valence-electron chi connectivity index (χ4n) is 0.724. The van der Waals surface area contributed by atoms with E-state index in [0.717, 1.165) is 0 Å². The number of alkyl halides is 1. The third kappa shape index (κ3) is 6.37. The van der Waals surface area contributed by atoms with E-state index in [1.165, 1.54) is 0 Å². The molecule has 13 heavy (non-hydrogen) atoms. The summed E-state index contributed by atoms with van der Waals surface area (Å²) in [5.41, 5.74) is -0.529. The summed E-state index contributed by atoms with van der Waals surface area (Å²) in [6.07, 6.45) is 0.00689. The van der Waals surface area contributed by atoms with Crippen LogP contribution in [-0.4, -0.2) is 24.4 Å². The maximum atomic E-state index is 12.2. The van der Waals surface area contributed by atoms with Crippen LogP contribution >= 0.6 is 0 Å². The molecular weight excluding hydrogens is 173 g/mol. The van der Waals surface area contributed by atoms with Gasteiger partial charge in [-0.15, -0.1) is 0 Å². The van der Waals surface area contributed by atoms with Crippen molar-refractivity contribution in [2.75, 3.05) is 6.67 Å². The predicted octanol–water partition coefficient (Wildman–Crippen LogP) is 2.26. The van der Waals surface area contributed by atoms with Crippen LogP contribution in [0.15, 0.2) is 0 Å². The molecule has 4 heteroatoms. The summed E-state index contributed by atoms with van der Waals surface area (Å²) in [4.78, 5) is 11.1. The van der Waals surface area contributed by atoms with Gasteiger partial charge in [-0.2, -0.15) is 0 Å². The largest absolute Gasteiger partial charge is 0.444 e. The van der Waals surface area contributed by atoms with E-state index in [0.29, 0.717) is 6.42 Å². The van der Waals surface area contributed by atoms with Gasteiger partial charge in [0.15, 0.2) is 0 Å². The zero-order chi connectivity index (χ0) is 10.5. The van der Waals surface area contributed by atoms with Crippen molar-refractivity contribution in [1.29, 1.82) is 0 Å².